The van der Waals surface area contributed by atoms with E-state index in [0.717, 1.165) is 0 Å². The van der Waals surface area contributed by atoms with Crippen molar-refractivity contribution in [3.8, 4) is 5.75 Å². The van der Waals surface area contributed by atoms with Crippen molar-refractivity contribution >= 4 is 47.2 Å². The van der Waals surface area contributed by atoms with E-state index in [1.165, 1.54) is 30.3 Å². The number of aliphatic carboxylic acids is 1. The Kier molecular flexibility index (Phi) is 6.05. The van der Waals surface area contributed by atoms with Crippen molar-refractivity contribution in [3.05, 3.63) is 69.1 Å². The topological polar surface area (TPSA) is 95.9 Å². The number of urea groups is 1. The molecule has 3 rings (SSSR count). The molecular formula is C19H13Cl2FN2O5. The summed E-state index contributed by atoms with van der Waals surface area (Å²) >= 11 is 12.4. The zero-order chi connectivity index (χ0) is 21.1. The quantitative estimate of drug-likeness (QED) is 0.529. The highest BCUT2D eigenvalue weighted by Crippen LogP contribution is 2.35. The molecule has 2 aromatic rings. The number of hydrogen-bond acceptors (Lipinski definition) is 4. The number of rotatable bonds is 6. The highest BCUT2D eigenvalue weighted by molar-refractivity contribution is 6.37. The van der Waals surface area contributed by atoms with Gasteiger partial charge in [0.1, 0.15) is 24.7 Å². The fraction of sp³-hybridized carbons (Fsp3) is 0.105. The van der Waals surface area contributed by atoms with Crippen molar-refractivity contribution in [1.29, 1.82) is 0 Å². The molecule has 0 radical (unpaired) electrons. The van der Waals surface area contributed by atoms with Gasteiger partial charge in [0.15, 0.2) is 5.75 Å². The molecule has 150 valence electrons. The first-order chi connectivity index (χ1) is 13.7. The van der Waals surface area contributed by atoms with Crippen molar-refractivity contribution < 1.29 is 28.6 Å². The van der Waals surface area contributed by atoms with E-state index in [2.05, 4.69) is 5.32 Å². The summed E-state index contributed by atoms with van der Waals surface area (Å²) in [7, 11) is 0. The van der Waals surface area contributed by atoms with E-state index in [0.29, 0.717) is 16.0 Å². The molecule has 0 aromatic heterocycles. The van der Waals surface area contributed by atoms with Gasteiger partial charge in [0.25, 0.3) is 5.91 Å². The average Bonchev–Trinajstić information content (AvgIpc) is 2.88. The van der Waals surface area contributed by atoms with Crippen LogP contribution in [0, 0.1) is 5.82 Å². The zero-order valence-electron chi connectivity index (χ0n) is 14.6. The molecule has 3 amide bonds. The smallest absolute Gasteiger partial charge is 0.329 e. The molecule has 1 saturated heterocycles. The van der Waals surface area contributed by atoms with Crippen LogP contribution in [0.4, 0.5) is 9.18 Å². The summed E-state index contributed by atoms with van der Waals surface area (Å²) in [5, 5.41) is 11.3. The maximum absolute atomic E-state index is 13.2. The average molecular weight is 439 g/mol. The lowest BCUT2D eigenvalue weighted by molar-refractivity contribution is -0.140. The molecule has 10 heteroatoms. The summed E-state index contributed by atoms with van der Waals surface area (Å²) in [6, 6.07) is 7.94. The Hall–Kier alpha value is -3.10. The Morgan fingerprint density at radius 1 is 1.21 bits per heavy atom. The number of nitrogens with zero attached hydrogens (tertiary/aromatic N) is 1. The molecular weight excluding hydrogens is 426 g/mol. The molecule has 0 spiro atoms. The number of carbonyl (C=O) groups excluding carboxylic acids is 2. The van der Waals surface area contributed by atoms with Crippen LogP contribution < -0.4 is 10.1 Å². The normalized spacial score (nSPS) is 15.0. The fourth-order valence-electron chi connectivity index (χ4n) is 2.60. The molecule has 1 fully saturated rings. The third-order valence-electron chi connectivity index (χ3n) is 3.86. The van der Waals surface area contributed by atoms with E-state index < -0.39 is 30.3 Å². The molecule has 2 N–H and O–H groups in total. The molecule has 7 nitrogen and oxygen atoms in total. The standard InChI is InChI=1S/C19H13Cl2FN2O5/c20-13-5-11(7-15-18(27)24(8-16(25)26)19(28)23-15)6-14(21)17(13)29-9-10-2-1-3-12(22)4-10/h1-7H,8-9H2,(H,23,28)(H,25,26)/b15-7+. The second-order valence-corrected chi connectivity index (χ2v) is 6.82. The van der Waals surface area contributed by atoms with Gasteiger partial charge in [-0.15, -0.1) is 0 Å². The lowest BCUT2D eigenvalue weighted by atomic mass is 10.1. The SMILES string of the molecule is O=C(O)CN1C(=O)N/C(=C/c2cc(Cl)c(OCc3cccc(F)c3)c(Cl)c2)C1=O. The van der Waals surface area contributed by atoms with Crippen molar-refractivity contribution in [2.45, 2.75) is 6.61 Å². The van der Waals surface area contributed by atoms with Crippen LogP contribution in [0.3, 0.4) is 0 Å². The van der Waals surface area contributed by atoms with E-state index in [9.17, 15) is 18.8 Å². The molecule has 0 saturated carbocycles. The fourth-order valence-corrected chi connectivity index (χ4v) is 3.21. The minimum absolute atomic E-state index is 0.0380. The monoisotopic (exact) mass is 438 g/mol. The van der Waals surface area contributed by atoms with E-state index >= 15 is 0 Å². The molecule has 2 aromatic carbocycles. The van der Waals surface area contributed by atoms with Crippen molar-refractivity contribution in [3.63, 3.8) is 0 Å². The number of nitrogens with one attached hydrogen (secondary N) is 1. The second-order valence-electron chi connectivity index (χ2n) is 6.01. The molecule has 1 aliphatic rings. The summed E-state index contributed by atoms with van der Waals surface area (Å²) < 4.78 is 18.8. The number of carbonyl (C=O) groups is 3. The maximum atomic E-state index is 13.2. The van der Waals surface area contributed by atoms with Crippen LogP contribution in [-0.4, -0.2) is 34.5 Å². The highest BCUT2D eigenvalue weighted by Gasteiger charge is 2.34. The predicted molar refractivity (Wildman–Crippen MR) is 103 cm³/mol. The zero-order valence-corrected chi connectivity index (χ0v) is 16.1. The molecule has 0 aliphatic carbocycles. The van der Waals surface area contributed by atoms with Crippen LogP contribution in [0.5, 0.6) is 5.75 Å². The second kappa shape index (κ2) is 8.50. The molecule has 0 bridgehead atoms. The van der Waals surface area contributed by atoms with Gasteiger partial charge < -0.3 is 15.2 Å². The summed E-state index contributed by atoms with van der Waals surface area (Å²) in [6.45, 7) is -0.716. The molecule has 0 atom stereocenters. The summed E-state index contributed by atoms with van der Waals surface area (Å²) in [4.78, 5) is 35.2. The largest absolute Gasteiger partial charge is 0.486 e. The number of benzene rings is 2. The number of ether oxygens (including phenoxy) is 1. The van der Waals surface area contributed by atoms with Crippen LogP contribution in [0.25, 0.3) is 6.08 Å². The Bertz CT molecular complexity index is 1020. The predicted octanol–water partition coefficient (Wildman–Crippen LogP) is 3.69. The van der Waals surface area contributed by atoms with E-state index in [1.54, 1.807) is 12.1 Å². The maximum Gasteiger partial charge on any atom is 0.329 e. The molecule has 0 unspecified atom stereocenters. The van der Waals surface area contributed by atoms with Crippen LogP contribution in [0.1, 0.15) is 11.1 Å². The van der Waals surface area contributed by atoms with Crippen molar-refractivity contribution in [2.75, 3.05) is 6.54 Å². The van der Waals surface area contributed by atoms with Crippen LogP contribution in [-0.2, 0) is 16.2 Å². The number of carboxylic acids is 1. The van der Waals surface area contributed by atoms with Gasteiger partial charge in [0.05, 0.1) is 10.0 Å². The van der Waals surface area contributed by atoms with Crippen molar-refractivity contribution in [1.82, 2.24) is 10.2 Å². The molecule has 1 aliphatic heterocycles. The first-order valence-corrected chi connectivity index (χ1v) is 8.93. The third kappa shape index (κ3) is 4.85. The van der Waals surface area contributed by atoms with E-state index in [4.69, 9.17) is 33.0 Å². The van der Waals surface area contributed by atoms with E-state index in [-0.39, 0.29) is 28.1 Å². The number of amides is 3. The summed E-state index contributed by atoms with van der Waals surface area (Å²) in [6.07, 6.45) is 1.32. The van der Waals surface area contributed by atoms with Gasteiger partial charge in [0, 0.05) is 0 Å². The van der Waals surface area contributed by atoms with Crippen LogP contribution in [0.2, 0.25) is 10.0 Å². The Morgan fingerprint density at radius 2 is 1.90 bits per heavy atom. The summed E-state index contributed by atoms with van der Waals surface area (Å²) in [5.41, 5.74) is 0.858. The van der Waals surface area contributed by atoms with Crippen LogP contribution >= 0.6 is 23.2 Å². The lowest BCUT2D eigenvalue weighted by Gasteiger charge is -2.11. The lowest BCUT2D eigenvalue weighted by Crippen LogP contribution is -2.35. The highest BCUT2D eigenvalue weighted by atomic mass is 35.5. The van der Waals surface area contributed by atoms with Crippen molar-refractivity contribution in [2.24, 2.45) is 0 Å². The first kappa shape index (κ1) is 20.6. The van der Waals surface area contributed by atoms with Crippen LogP contribution in [0.15, 0.2) is 42.1 Å². The van der Waals surface area contributed by atoms with Gasteiger partial charge in [-0.2, -0.15) is 0 Å². The number of carboxylic acid groups (broad SMARTS) is 1. The van der Waals surface area contributed by atoms with Gasteiger partial charge >= 0.3 is 12.0 Å². The summed E-state index contributed by atoms with van der Waals surface area (Å²) in [5.74, 6) is -2.32. The Balaban J connectivity index is 1.78. The van der Waals surface area contributed by atoms with Gasteiger partial charge in [-0.25, -0.2) is 14.1 Å². The van der Waals surface area contributed by atoms with E-state index in [1.807, 2.05) is 0 Å². The Labute approximate surface area is 174 Å². The number of imide groups is 1. The molecule has 1 heterocycles. The third-order valence-corrected chi connectivity index (χ3v) is 4.42. The molecule has 29 heavy (non-hydrogen) atoms. The van der Waals surface area contributed by atoms with Gasteiger partial charge in [-0.1, -0.05) is 35.3 Å². The number of halogens is 3. The number of hydrogen-bond donors (Lipinski definition) is 2. The Morgan fingerprint density at radius 3 is 2.52 bits per heavy atom. The van der Waals surface area contributed by atoms with Gasteiger partial charge in [-0.3, -0.25) is 9.59 Å². The van der Waals surface area contributed by atoms with Gasteiger partial charge in [0.2, 0.25) is 0 Å². The first-order valence-electron chi connectivity index (χ1n) is 8.17. The van der Waals surface area contributed by atoms with Gasteiger partial charge in [-0.05, 0) is 41.5 Å². The minimum Gasteiger partial charge on any atom is -0.486 e. The minimum atomic E-state index is -1.32.